The molecule has 2 aromatic heterocycles. The Hall–Kier alpha value is -3.47. The second-order valence-corrected chi connectivity index (χ2v) is 5.07. The standard InChI is InChI=1S/C16H12FN5O2/c1-9(20-16(23)24)15-21-12-6-5-11(17)10(8-18)14(12)22(15)13-4-2-3-7-19-13/h2-7,9,20H,1H3,(H,23,24)/t9-/m0/s1. The Morgan fingerprint density at radius 3 is 2.83 bits per heavy atom. The van der Waals surface area contributed by atoms with Crippen molar-refractivity contribution in [1.29, 1.82) is 5.26 Å². The molecule has 0 radical (unpaired) electrons. The molecule has 0 unspecified atom stereocenters. The molecular formula is C16H12FN5O2. The first-order valence-electron chi connectivity index (χ1n) is 7.04. The number of hydrogen-bond acceptors (Lipinski definition) is 4. The normalized spacial score (nSPS) is 11.9. The molecule has 7 nitrogen and oxygen atoms in total. The second-order valence-electron chi connectivity index (χ2n) is 5.07. The van der Waals surface area contributed by atoms with Crippen molar-refractivity contribution >= 4 is 17.1 Å². The van der Waals surface area contributed by atoms with Crippen LogP contribution in [0.5, 0.6) is 0 Å². The average Bonchev–Trinajstić information content (AvgIpc) is 2.95. The summed E-state index contributed by atoms with van der Waals surface area (Å²) in [6.07, 6.45) is 0.333. The number of nitrogens with one attached hydrogen (secondary N) is 1. The fourth-order valence-electron chi connectivity index (χ4n) is 2.52. The van der Waals surface area contributed by atoms with E-state index in [0.717, 1.165) is 6.07 Å². The maximum atomic E-state index is 14.0. The lowest BCUT2D eigenvalue weighted by Crippen LogP contribution is -2.26. The Morgan fingerprint density at radius 1 is 1.42 bits per heavy atom. The summed E-state index contributed by atoms with van der Waals surface area (Å²) in [6, 6.07) is 8.88. The highest BCUT2D eigenvalue weighted by Crippen LogP contribution is 2.28. The quantitative estimate of drug-likeness (QED) is 0.770. The van der Waals surface area contributed by atoms with Gasteiger partial charge in [-0.3, -0.25) is 4.57 Å². The minimum absolute atomic E-state index is 0.167. The number of nitriles is 1. The molecule has 0 aliphatic rings. The van der Waals surface area contributed by atoms with Gasteiger partial charge in [0.15, 0.2) is 0 Å². The summed E-state index contributed by atoms with van der Waals surface area (Å²) in [7, 11) is 0. The van der Waals surface area contributed by atoms with E-state index in [4.69, 9.17) is 5.11 Å². The van der Waals surface area contributed by atoms with Crippen molar-refractivity contribution in [2.45, 2.75) is 13.0 Å². The van der Waals surface area contributed by atoms with Crippen molar-refractivity contribution in [3.05, 3.63) is 53.7 Å². The molecule has 3 rings (SSSR count). The maximum absolute atomic E-state index is 14.0. The third-order valence-electron chi connectivity index (χ3n) is 3.51. The number of pyridine rings is 1. The van der Waals surface area contributed by atoms with Gasteiger partial charge >= 0.3 is 6.09 Å². The molecule has 0 saturated carbocycles. The van der Waals surface area contributed by atoms with Gasteiger partial charge < -0.3 is 10.4 Å². The highest BCUT2D eigenvalue weighted by Gasteiger charge is 2.23. The van der Waals surface area contributed by atoms with Crippen LogP contribution in [0.3, 0.4) is 0 Å². The first-order valence-corrected chi connectivity index (χ1v) is 7.04. The van der Waals surface area contributed by atoms with E-state index in [1.807, 2.05) is 6.07 Å². The average molecular weight is 325 g/mol. The number of benzene rings is 1. The van der Waals surface area contributed by atoms with E-state index in [0.29, 0.717) is 17.2 Å². The van der Waals surface area contributed by atoms with Crippen molar-refractivity contribution in [1.82, 2.24) is 19.9 Å². The number of imidazole rings is 1. The molecule has 0 aliphatic heterocycles. The van der Waals surface area contributed by atoms with Crippen LogP contribution in [0.1, 0.15) is 24.4 Å². The number of fused-ring (bicyclic) bond motifs is 1. The van der Waals surface area contributed by atoms with Gasteiger partial charge in [-0.25, -0.2) is 19.2 Å². The fourth-order valence-corrected chi connectivity index (χ4v) is 2.52. The molecule has 0 bridgehead atoms. The molecule has 0 aliphatic carbocycles. The Balaban J connectivity index is 2.36. The monoisotopic (exact) mass is 325 g/mol. The number of amides is 1. The van der Waals surface area contributed by atoms with E-state index in [1.54, 1.807) is 31.3 Å². The van der Waals surface area contributed by atoms with Gasteiger partial charge in [-0.15, -0.1) is 0 Å². The molecule has 1 aromatic carbocycles. The third kappa shape index (κ3) is 2.52. The number of hydrogen-bond donors (Lipinski definition) is 2. The van der Waals surface area contributed by atoms with Gasteiger partial charge in [0, 0.05) is 6.20 Å². The highest BCUT2D eigenvalue weighted by atomic mass is 19.1. The number of halogens is 1. The Bertz CT molecular complexity index is 962. The zero-order valence-corrected chi connectivity index (χ0v) is 12.6. The summed E-state index contributed by atoms with van der Waals surface area (Å²) in [5.74, 6) is 0.0526. The summed E-state index contributed by atoms with van der Waals surface area (Å²) < 4.78 is 15.5. The summed E-state index contributed by atoms with van der Waals surface area (Å²) in [6.45, 7) is 1.61. The molecule has 0 saturated heterocycles. The van der Waals surface area contributed by atoms with Gasteiger partial charge in [-0.2, -0.15) is 5.26 Å². The van der Waals surface area contributed by atoms with E-state index in [1.165, 1.54) is 10.6 Å². The largest absolute Gasteiger partial charge is 0.465 e. The van der Waals surface area contributed by atoms with Crippen molar-refractivity contribution in [3.8, 4) is 11.9 Å². The summed E-state index contributed by atoms with van der Waals surface area (Å²) in [5.41, 5.74) is 0.470. The van der Waals surface area contributed by atoms with Crippen LogP contribution < -0.4 is 5.32 Å². The lowest BCUT2D eigenvalue weighted by molar-refractivity contribution is 0.190. The topological polar surface area (TPSA) is 104 Å². The van der Waals surface area contributed by atoms with E-state index in [9.17, 15) is 14.4 Å². The minimum Gasteiger partial charge on any atom is -0.465 e. The molecule has 1 amide bonds. The number of carbonyl (C=O) groups is 1. The van der Waals surface area contributed by atoms with Crippen molar-refractivity contribution in [2.75, 3.05) is 0 Å². The molecule has 2 heterocycles. The Labute approximate surface area is 136 Å². The van der Waals surface area contributed by atoms with Crippen LogP contribution in [0.2, 0.25) is 0 Å². The molecular weight excluding hydrogens is 313 g/mol. The second kappa shape index (κ2) is 5.96. The molecule has 120 valence electrons. The first kappa shape index (κ1) is 15.4. The van der Waals surface area contributed by atoms with Crippen LogP contribution in [0.4, 0.5) is 9.18 Å². The van der Waals surface area contributed by atoms with Crippen molar-refractivity contribution in [3.63, 3.8) is 0 Å². The van der Waals surface area contributed by atoms with E-state index >= 15 is 0 Å². The number of carboxylic acid groups (broad SMARTS) is 1. The van der Waals surface area contributed by atoms with E-state index in [2.05, 4.69) is 15.3 Å². The van der Waals surface area contributed by atoms with Crippen LogP contribution in [0.25, 0.3) is 16.9 Å². The number of nitrogens with zero attached hydrogens (tertiary/aromatic N) is 4. The van der Waals surface area contributed by atoms with Crippen molar-refractivity contribution in [2.24, 2.45) is 0 Å². The fraction of sp³-hybridized carbons (Fsp3) is 0.125. The van der Waals surface area contributed by atoms with Crippen LogP contribution >= 0.6 is 0 Å². The van der Waals surface area contributed by atoms with Gasteiger partial charge in [0.2, 0.25) is 0 Å². The molecule has 1 atom stereocenters. The van der Waals surface area contributed by atoms with Gasteiger partial charge in [-0.1, -0.05) is 6.07 Å². The number of rotatable bonds is 3. The predicted molar refractivity (Wildman–Crippen MR) is 83.1 cm³/mol. The lowest BCUT2D eigenvalue weighted by atomic mass is 10.2. The summed E-state index contributed by atoms with van der Waals surface area (Å²) in [5, 5.41) is 20.6. The molecule has 24 heavy (non-hydrogen) atoms. The molecule has 0 fully saturated rings. The van der Waals surface area contributed by atoms with Gasteiger partial charge in [0.1, 0.15) is 29.1 Å². The van der Waals surface area contributed by atoms with E-state index < -0.39 is 18.0 Å². The molecule has 0 spiro atoms. The van der Waals surface area contributed by atoms with Crippen LogP contribution in [-0.4, -0.2) is 25.7 Å². The molecule has 8 heteroatoms. The number of aromatic nitrogens is 3. The lowest BCUT2D eigenvalue weighted by Gasteiger charge is -2.14. The van der Waals surface area contributed by atoms with Gasteiger partial charge in [-0.05, 0) is 31.2 Å². The predicted octanol–water partition coefficient (Wildman–Crippen LogP) is 2.76. The van der Waals surface area contributed by atoms with Gasteiger partial charge in [0.25, 0.3) is 0 Å². The first-order chi connectivity index (χ1) is 11.5. The smallest absolute Gasteiger partial charge is 0.405 e. The van der Waals surface area contributed by atoms with Crippen LogP contribution in [0, 0.1) is 17.1 Å². The third-order valence-corrected chi connectivity index (χ3v) is 3.51. The van der Waals surface area contributed by atoms with E-state index in [-0.39, 0.29) is 11.1 Å². The highest BCUT2D eigenvalue weighted by molar-refractivity contribution is 5.84. The Morgan fingerprint density at radius 2 is 2.21 bits per heavy atom. The SMILES string of the molecule is C[C@H](NC(=O)O)c1nc2ccc(F)c(C#N)c2n1-c1ccccn1. The van der Waals surface area contributed by atoms with Gasteiger partial charge in [0.05, 0.1) is 17.1 Å². The maximum Gasteiger partial charge on any atom is 0.405 e. The summed E-state index contributed by atoms with van der Waals surface area (Å²) in [4.78, 5) is 19.5. The van der Waals surface area contributed by atoms with Crippen molar-refractivity contribution < 1.29 is 14.3 Å². The van der Waals surface area contributed by atoms with Crippen LogP contribution in [-0.2, 0) is 0 Å². The minimum atomic E-state index is -1.21. The summed E-state index contributed by atoms with van der Waals surface area (Å²) >= 11 is 0. The molecule has 2 N–H and O–H groups in total. The zero-order valence-electron chi connectivity index (χ0n) is 12.6. The van der Waals surface area contributed by atoms with Crippen LogP contribution in [0.15, 0.2) is 36.5 Å². The zero-order chi connectivity index (χ0) is 17.3. The molecule has 3 aromatic rings. The Kier molecular flexibility index (Phi) is 3.83.